The van der Waals surface area contributed by atoms with E-state index in [1.165, 1.54) is 38.6 Å². The summed E-state index contributed by atoms with van der Waals surface area (Å²) in [5, 5.41) is 8.70. The van der Waals surface area contributed by atoms with Crippen LogP contribution in [0.5, 0.6) is 0 Å². The molecule has 1 fully saturated rings. The molecule has 0 radical (unpaired) electrons. The normalized spacial score (nSPS) is 18.4. The summed E-state index contributed by atoms with van der Waals surface area (Å²) in [6.45, 7) is 7.49. The van der Waals surface area contributed by atoms with Crippen LogP contribution in [0.3, 0.4) is 0 Å². The predicted molar refractivity (Wildman–Crippen MR) is 69.3 cm³/mol. The maximum absolute atomic E-state index is 10.6. The van der Waals surface area contributed by atoms with Crippen LogP contribution in [-0.4, -0.2) is 60.1 Å². The quantitative estimate of drug-likeness (QED) is 0.657. The Morgan fingerprint density at radius 1 is 1.00 bits per heavy atom. The second kappa shape index (κ2) is 8.48. The zero-order valence-electron chi connectivity index (χ0n) is 11.0. The standard InChI is InChI=1S/C13H26N2O2/c1-2-3-4-5-6-7-14-8-10-15(11-9-14)12-13(16)17/h2-12H2,1H3,(H,16,17). The summed E-state index contributed by atoms with van der Waals surface area (Å²) in [6, 6.07) is 0. The molecule has 1 N–H and O–H groups in total. The number of unbranched alkanes of at least 4 members (excludes halogenated alkanes) is 4. The van der Waals surface area contributed by atoms with Crippen molar-refractivity contribution in [3.8, 4) is 0 Å². The summed E-state index contributed by atoms with van der Waals surface area (Å²) < 4.78 is 0. The number of hydrogen-bond acceptors (Lipinski definition) is 3. The molecule has 0 aliphatic carbocycles. The van der Waals surface area contributed by atoms with Gasteiger partial charge in [0.1, 0.15) is 0 Å². The first kappa shape index (κ1) is 14.5. The van der Waals surface area contributed by atoms with Crippen molar-refractivity contribution < 1.29 is 9.90 Å². The molecular weight excluding hydrogens is 216 g/mol. The molecule has 1 rings (SSSR count). The predicted octanol–water partition coefficient (Wildman–Crippen LogP) is 1.66. The molecule has 0 spiro atoms. The van der Waals surface area contributed by atoms with Gasteiger partial charge in [0.05, 0.1) is 6.54 Å². The molecule has 1 aliphatic rings. The Kier molecular flexibility index (Phi) is 7.21. The van der Waals surface area contributed by atoms with E-state index >= 15 is 0 Å². The lowest BCUT2D eigenvalue weighted by molar-refractivity contribution is -0.138. The van der Waals surface area contributed by atoms with Gasteiger partial charge in [-0.25, -0.2) is 0 Å². The number of hydrogen-bond donors (Lipinski definition) is 1. The van der Waals surface area contributed by atoms with Crippen LogP contribution in [0.2, 0.25) is 0 Å². The molecular formula is C13H26N2O2. The van der Waals surface area contributed by atoms with Crippen LogP contribution in [0.25, 0.3) is 0 Å². The molecule has 17 heavy (non-hydrogen) atoms. The van der Waals surface area contributed by atoms with Gasteiger partial charge in [-0.1, -0.05) is 32.6 Å². The summed E-state index contributed by atoms with van der Waals surface area (Å²) in [6.07, 6.45) is 6.64. The monoisotopic (exact) mass is 242 g/mol. The van der Waals surface area contributed by atoms with E-state index in [4.69, 9.17) is 5.11 Å². The summed E-state index contributed by atoms with van der Waals surface area (Å²) >= 11 is 0. The highest BCUT2D eigenvalue weighted by molar-refractivity contribution is 5.69. The van der Waals surface area contributed by atoms with E-state index in [1.54, 1.807) is 0 Å². The van der Waals surface area contributed by atoms with Gasteiger partial charge in [0.25, 0.3) is 0 Å². The van der Waals surface area contributed by atoms with E-state index in [2.05, 4.69) is 11.8 Å². The van der Waals surface area contributed by atoms with Crippen LogP contribution in [0, 0.1) is 0 Å². The van der Waals surface area contributed by atoms with Crippen molar-refractivity contribution >= 4 is 5.97 Å². The average molecular weight is 242 g/mol. The molecule has 0 aromatic rings. The number of carboxylic acids is 1. The maximum Gasteiger partial charge on any atom is 0.317 e. The van der Waals surface area contributed by atoms with Crippen LogP contribution < -0.4 is 0 Å². The van der Waals surface area contributed by atoms with Gasteiger partial charge in [-0.2, -0.15) is 0 Å². The van der Waals surface area contributed by atoms with Gasteiger partial charge < -0.3 is 10.0 Å². The molecule has 0 aromatic heterocycles. The SMILES string of the molecule is CCCCCCCN1CCN(CC(=O)O)CC1. The molecule has 0 bridgehead atoms. The Labute approximate surface area is 105 Å². The largest absolute Gasteiger partial charge is 0.480 e. The molecule has 100 valence electrons. The molecule has 0 aromatic carbocycles. The highest BCUT2D eigenvalue weighted by atomic mass is 16.4. The second-order valence-electron chi connectivity index (χ2n) is 4.93. The lowest BCUT2D eigenvalue weighted by Gasteiger charge is -2.33. The van der Waals surface area contributed by atoms with E-state index in [0.29, 0.717) is 0 Å². The minimum absolute atomic E-state index is 0.199. The van der Waals surface area contributed by atoms with E-state index in [1.807, 2.05) is 4.90 Å². The second-order valence-corrected chi connectivity index (χ2v) is 4.93. The lowest BCUT2D eigenvalue weighted by atomic mass is 10.1. The topological polar surface area (TPSA) is 43.8 Å². The zero-order valence-corrected chi connectivity index (χ0v) is 11.0. The summed E-state index contributed by atoms with van der Waals surface area (Å²) in [7, 11) is 0. The lowest BCUT2D eigenvalue weighted by Crippen LogP contribution is -2.48. The third-order valence-corrected chi connectivity index (χ3v) is 3.40. The third kappa shape index (κ3) is 6.64. The van der Waals surface area contributed by atoms with Gasteiger partial charge in [-0.3, -0.25) is 9.69 Å². The molecule has 4 nitrogen and oxygen atoms in total. The van der Waals surface area contributed by atoms with Crippen molar-refractivity contribution in [2.24, 2.45) is 0 Å². The highest BCUT2D eigenvalue weighted by Crippen LogP contribution is 2.06. The molecule has 0 atom stereocenters. The fourth-order valence-corrected chi connectivity index (χ4v) is 2.30. The van der Waals surface area contributed by atoms with E-state index in [-0.39, 0.29) is 6.54 Å². The van der Waals surface area contributed by atoms with Crippen LogP contribution >= 0.6 is 0 Å². The van der Waals surface area contributed by atoms with Gasteiger partial charge in [0.15, 0.2) is 0 Å². The fraction of sp³-hybridized carbons (Fsp3) is 0.923. The highest BCUT2D eigenvalue weighted by Gasteiger charge is 2.17. The van der Waals surface area contributed by atoms with Crippen molar-refractivity contribution in [1.82, 2.24) is 9.80 Å². The first-order chi connectivity index (χ1) is 8.22. The number of rotatable bonds is 8. The van der Waals surface area contributed by atoms with Crippen molar-refractivity contribution in [3.63, 3.8) is 0 Å². The molecule has 1 saturated heterocycles. The zero-order chi connectivity index (χ0) is 12.5. The molecule has 0 amide bonds. The molecule has 1 heterocycles. The Hall–Kier alpha value is -0.610. The molecule has 0 saturated carbocycles. The average Bonchev–Trinajstić information content (AvgIpc) is 2.30. The summed E-state index contributed by atoms with van der Waals surface area (Å²) in [5.41, 5.74) is 0. The van der Waals surface area contributed by atoms with Gasteiger partial charge in [0.2, 0.25) is 0 Å². The third-order valence-electron chi connectivity index (χ3n) is 3.40. The first-order valence-corrected chi connectivity index (χ1v) is 6.89. The van der Waals surface area contributed by atoms with Crippen molar-refractivity contribution in [2.75, 3.05) is 39.3 Å². The molecule has 4 heteroatoms. The van der Waals surface area contributed by atoms with Crippen molar-refractivity contribution in [3.05, 3.63) is 0 Å². The fourth-order valence-electron chi connectivity index (χ4n) is 2.30. The van der Waals surface area contributed by atoms with Crippen LogP contribution in [0.15, 0.2) is 0 Å². The first-order valence-electron chi connectivity index (χ1n) is 6.89. The number of piperazine rings is 1. The number of aliphatic carboxylic acids is 1. The Morgan fingerprint density at radius 3 is 2.18 bits per heavy atom. The van der Waals surface area contributed by atoms with Gasteiger partial charge in [-0.15, -0.1) is 0 Å². The number of carboxylic acid groups (broad SMARTS) is 1. The van der Waals surface area contributed by atoms with Crippen LogP contribution in [0.4, 0.5) is 0 Å². The minimum Gasteiger partial charge on any atom is -0.480 e. The van der Waals surface area contributed by atoms with Gasteiger partial charge in [-0.05, 0) is 13.0 Å². The van der Waals surface area contributed by atoms with Crippen molar-refractivity contribution in [1.29, 1.82) is 0 Å². The van der Waals surface area contributed by atoms with Crippen molar-refractivity contribution in [2.45, 2.75) is 39.0 Å². The van der Waals surface area contributed by atoms with Gasteiger partial charge in [0, 0.05) is 26.2 Å². The van der Waals surface area contributed by atoms with Gasteiger partial charge >= 0.3 is 5.97 Å². The Morgan fingerprint density at radius 2 is 1.59 bits per heavy atom. The molecule has 0 unspecified atom stereocenters. The van der Waals surface area contributed by atoms with E-state index < -0.39 is 5.97 Å². The Balaban J connectivity index is 2.01. The number of carbonyl (C=O) groups is 1. The maximum atomic E-state index is 10.6. The van der Waals surface area contributed by atoms with E-state index in [9.17, 15) is 4.79 Å². The van der Waals surface area contributed by atoms with Crippen LogP contribution in [-0.2, 0) is 4.79 Å². The smallest absolute Gasteiger partial charge is 0.317 e. The Bertz CT molecular complexity index is 213. The van der Waals surface area contributed by atoms with Crippen LogP contribution in [0.1, 0.15) is 39.0 Å². The summed E-state index contributed by atoms with van der Waals surface area (Å²) in [4.78, 5) is 15.1. The summed E-state index contributed by atoms with van der Waals surface area (Å²) in [5.74, 6) is -0.710. The minimum atomic E-state index is -0.710. The van der Waals surface area contributed by atoms with E-state index in [0.717, 1.165) is 26.2 Å². The number of nitrogens with zero attached hydrogens (tertiary/aromatic N) is 2. The molecule has 1 aliphatic heterocycles.